The fraction of sp³-hybridized carbons (Fsp3) is 0.609. The lowest BCUT2D eigenvalue weighted by molar-refractivity contribution is -0.138. The van der Waals surface area contributed by atoms with Crippen molar-refractivity contribution in [1.29, 1.82) is 0 Å². The molecule has 1 aromatic rings. The highest BCUT2D eigenvalue weighted by molar-refractivity contribution is 5.97. The van der Waals surface area contributed by atoms with E-state index in [2.05, 4.69) is 4.98 Å². The predicted octanol–water partition coefficient (Wildman–Crippen LogP) is 2.59. The summed E-state index contributed by atoms with van der Waals surface area (Å²) in [6.07, 6.45) is 8.17. The molecular formula is C23H33N3O4. The summed E-state index contributed by atoms with van der Waals surface area (Å²) < 4.78 is 6.23. The summed E-state index contributed by atoms with van der Waals surface area (Å²) in [5, 5.41) is 9.71. The molecule has 0 bridgehead atoms. The van der Waals surface area contributed by atoms with Crippen molar-refractivity contribution >= 4 is 17.9 Å². The minimum absolute atomic E-state index is 0.0373. The molecule has 1 aliphatic carbocycles. The van der Waals surface area contributed by atoms with Crippen LogP contribution in [-0.2, 0) is 4.79 Å². The molecule has 30 heavy (non-hydrogen) atoms. The molecule has 2 amide bonds. The first kappa shape index (κ1) is 22.3. The minimum atomic E-state index is -0.328. The normalized spacial score (nSPS) is 23.2. The first-order valence-corrected chi connectivity index (χ1v) is 10.8. The molecule has 3 atom stereocenters. The minimum Gasteiger partial charge on any atom is -0.472 e. The number of aromatic nitrogens is 1. The van der Waals surface area contributed by atoms with Crippen molar-refractivity contribution in [1.82, 2.24) is 14.8 Å². The van der Waals surface area contributed by atoms with Gasteiger partial charge in [-0.1, -0.05) is 25.5 Å². The molecule has 1 saturated carbocycles. The van der Waals surface area contributed by atoms with Gasteiger partial charge in [0.05, 0.1) is 19.2 Å². The highest BCUT2D eigenvalue weighted by Gasteiger charge is 2.36. The Morgan fingerprint density at radius 2 is 2.20 bits per heavy atom. The summed E-state index contributed by atoms with van der Waals surface area (Å²) in [7, 11) is 1.82. The topological polar surface area (TPSA) is 83.0 Å². The quantitative estimate of drug-likeness (QED) is 0.772. The molecule has 0 spiro atoms. The van der Waals surface area contributed by atoms with E-state index in [0.717, 1.165) is 24.8 Å². The van der Waals surface area contributed by atoms with Crippen molar-refractivity contribution in [3.63, 3.8) is 0 Å². The van der Waals surface area contributed by atoms with Gasteiger partial charge in [0.25, 0.3) is 5.91 Å². The summed E-state index contributed by atoms with van der Waals surface area (Å²) in [6, 6.07) is 1.45. The van der Waals surface area contributed by atoms with Crippen LogP contribution >= 0.6 is 0 Å². The van der Waals surface area contributed by atoms with E-state index in [1.165, 1.54) is 0 Å². The van der Waals surface area contributed by atoms with Crippen LogP contribution < -0.4 is 4.74 Å². The van der Waals surface area contributed by atoms with Crippen molar-refractivity contribution in [2.45, 2.75) is 52.2 Å². The van der Waals surface area contributed by atoms with Crippen LogP contribution in [0.4, 0.5) is 0 Å². The molecule has 2 aliphatic rings. The van der Waals surface area contributed by atoms with Gasteiger partial charge in [0.2, 0.25) is 11.8 Å². The first-order chi connectivity index (χ1) is 14.3. The van der Waals surface area contributed by atoms with E-state index in [1.807, 2.05) is 40.0 Å². The van der Waals surface area contributed by atoms with E-state index in [0.29, 0.717) is 18.7 Å². The summed E-state index contributed by atoms with van der Waals surface area (Å²) in [5.74, 6) is 0.330. The highest BCUT2D eigenvalue weighted by atomic mass is 16.5. The zero-order valence-corrected chi connectivity index (χ0v) is 18.4. The van der Waals surface area contributed by atoms with Crippen LogP contribution in [-0.4, -0.2) is 70.6 Å². The summed E-state index contributed by atoms with van der Waals surface area (Å²) in [6.45, 7) is 6.49. The Kier molecular flexibility index (Phi) is 7.13. The molecule has 1 fully saturated rings. The van der Waals surface area contributed by atoms with E-state index >= 15 is 0 Å². The molecule has 3 rings (SSSR count). The Hall–Kier alpha value is -2.41. The van der Waals surface area contributed by atoms with Crippen molar-refractivity contribution in [3.05, 3.63) is 29.5 Å². The van der Waals surface area contributed by atoms with Gasteiger partial charge in [-0.15, -0.1) is 0 Å². The number of allylic oxidation sites excluding steroid dienone is 1. The number of hydrogen-bond acceptors (Lipinski definition) is 5. The summed E-state index contributed by atoms with van der Waals surface area (Å²) in [4.78, 5) is 33.8. The number of hydrogen-bond donors (Lipinski definition) is 1. The number of nitrogens with zero attached hydrogens (tertiary/aromatic N) is 3. The van der Waals surface area contributed by atoms with E-state index in [1.54, 1.807) is 22.1 Å². The molecule has 1 N–H and O–H groups in total. The van der Waals surface area contributed by atoms with Gasteiger partial charge in [0.1, 0.15) is 11.7 Å². The van der Waals surface area contributed by atoms with Crippen LogP contribution in [0.2, 0.25) is 0 Å². The van der Waals surface area contributed by atoms with E-state index in [9.17, 15) is 14.7 Å². The number of carbonyl (C=O) groups excluding carboxylic acids is 2. The van der Waals surface area contributed by atoms with Crippen LogP contribution in [0.1, 0.15) is 56.0 Å². The SMILES string of the molecule is C/C=C/c1cnc2c(c1)C(=O)N([C@H](C)CO)C[C@@H](C)[C@@H](CN(C)C(=O)C1CCC1)O2. The second kappa shape index (κ2) is 9.60. The Morgan fingerprint density at radius 1 is 1.47 bits per heavy atom. The van der Waals surface area contributed by atoms with E-state index in [-0.39, 0.29) is 48.3 Å². The Balaban J connectivity index is 1.91. The number of amides is 2. The van der Waals surface area contributed by atoms with Crippen LogP contribution in [0.5, 0.6) is 5.88 Å². The number of carbonyl (C=O) groups is 2. The van der Waals surface area contributed by atoms with Crippen LogP contribution in [0.15, 0.2) is 18.3 Å². The van der Waals surface area contributed by atoms with Gasteiger partial charge in [0, 0.05) is 31.6 Å². The number of aliphatic hydroxyl groups excluding tert-OH is 1. The van der Waals surface area contributed by atoms with E-state index in [4.69, 9.17) is 4.74 Å². The van der Waals surface area contributed by atoms with Gasteiger partial charge in [-0.2, -0.15) is 0 Å². The van der Waals surface area contributed by atoms with E-state index < -0.39 is 0 Å². The van der Waals surface area contributed by atoms with Gasteiger partial charge in [-0.25, -0.2) is 4.98 Å². The number of rotatable bonds is 6. The Bertz CT molecular complexity index is 806. The Morgan fingerprint density at radius 3 is 2.80 bits per heavy atom. The molecule has 2 heterocycles. The molecule has 0 aromatic carbocycles. The summed E-state index contributed by atoms with van der Waals surface area (Å²) in [5.41, 5.74) is 1.20. The van der Waals surface area contributed by atoms with Gasteiger partial charge < -0.3 is 19.6 Å². The van der Waals surface area contributed by atoms with Crippen LogP contribution in [0.3, 0.4) is 0 Å². The maximum Gasteiger partial charge on any atom is 0.259 e. The molecule has 1 aliphatic heterocycles. The molecule has 0 saturated heterocycles. The average Bonchev–Trinajstić information content (AvgIpc) is 2.69. The van der Waals surface area contributed by atoms with Crippen LogP contribution in [0.25, 0.3) is 6.08 Å². The van der Waals surface area contributed by atoms with Crippen LogP contribution in [0, 0.1) is 11.8 Å². The monoisotopic (exact) mass is 415 g/mol. The standard InChI is InChI=1S/C23H33N3O4/c1-5-7-17-10-19-21(24-11-17)30-20(13-25(4)22(28)18-8-6-9-18)15(2)12-26(23(19)29)16(3)14-27/h5,7,10-11,15-16,18,20,27H,6,8-9,12-14H2,1-4H3/b7-5+/t15-,16-,20-/m1/s1. The summed E-state index contributed by atoms with van der Waals surface area (Å²) >= 11 is 0. The van der Waals surface area contributed by atoms with Gasteiger partial charge in [-0.3, -0.25) is 9.59 Å². The van der Waals surface area contributed by atoms with Gasteiger partial charge in [-0.05, 0) is 38.3 Å². The maximum atomic E-state index is 13.3. The smallest absolute Gasteiger partial charge is 0.259 e. The maximum absolute atomic E-state index is 13.3. The predicted molar refractivity (Wildman–Crippen MR) is 115 cm³/mol. The lowest BCUT2D eigenvalue weighted by Gasteiger charge is -2.38. The largest absolute Gasteiger partial charge is 0.472 e. The molecule has 0 unspecified atom stereocenters. The molecule has 0 radical (unpaired) electrons. The van der Waals surface area contributed by atoms with Crippen molar-refractivity contribution in [2.24, 2.45) is 11.8 Å². The average molecular weight is 416 g/mol. The third kappa shape index (κ3) is 4.67. The van der Waals surface area contributed by atoms with Crippen molar-refractivity contribution in [3.8, 4) is 5.88 Å². The van der Waals surface area contributed by atoms with Crippen molar-refractivity contribution < 1.29 is 19.4 Å². The van der Waals surface area contributed by atoms with Gasteiger partial charge in [0.15, 0.2) is 0 Å². The highest BCUT2D eigenvalue weighted by Crippen LogP contribution is 2.30. The second-order valence-corrected chi connectivity index (χ2v) is 8.59. The number of pyridine rings is 1. The molecular weight excluding hydrogens is 382 g/mol. The third-order valence-corrected chi connectivity index (χ3v) is 6.19. The van der Waals surface area contributed by atoms with Gasteiger partial charge >= 0.3 is 0 Å². The molecule has 164 valence electrons. The molecule has 7 nitrogen and oxygen atoms in total. The molecule has 7 heteroatoms. The fourth-order valence-electron chi connectivity index (χ4n) is 3.95. The van der Waals surface area contributed by atoms with Crippen molar-refractivity contribution in [2.75, 3.05) is 26.7 Å². The fourth-order valence-corrected chi connectivity index (χ4v) is 3.95. The zero-order chi connectivity index (χ0) is 21.8. The number of aliphatic hydroxyl groups is 1. The lowest BCUT2D eigenvalue weighted by atomic mass is 9.84. The number of fused-ring (bicyclic) bond motifs is 1. The first-order valence-electron chi connectivity index (χ1n) is 10.8. The Labute approximate surface area is 178 Å². The molecule has 1 aromatic heterocycles. The number of ether oxygens (including phenoxy) is 1. The number of likely N-dealkylation sites (N-methyl/N-ethyl adjacent to an activating group) is 1. The third-order valence-electron chi connectivity index (χ3n) is 6.19. The lowest BCUT2D eigenvalue weighted by Crippen LogP contribution is -2.51. The second-order valence-electron chi connectivity index (χ2n) is 8.59. The zero-order valence-electron chi connectivity index (χ0n) is 18.4.